The van der Waals surface area contributed by atoms with Gasteiger partial charge in [-0.1, -0.05) is 6.92 Å². The molecule has 0 radical (unpaired) electrons. The first-order chi connectivity index (χ1) is 8.83. The molecule has 2 atom stereocenters. The van der Waals surface area contributed by atoms with E-state index in [4.69, 9.17) is 14.2 Å². The summed E-state index contributed by atoms with van der Waals surface area (Å²) in [5, 5.41) is 12.7. The zero-order valence-corrected chi connectivity index (χ0v) is 11.4. The van der Waals surface area contributed by atoms with Crippen molar-refractivity contribution in [3.05, 3.63) is 0 Å². The first-order valence-corrected chi connectivity index (χ1v) is 6.98. The van der Waals surface area contributed by atoms with Gasteiger partial charge < -0.3 is 24.6 Å². The molecule has 0 amide bonds. The van der Waals surface area contributed by atoms with Crippen molar-refractivity contribution in [1.82, 2.24) is 5.32 Å². The van der Waals surface area contributed by atoms with E-state index < -0.39 is 6.10 Å². The number of rotatable bonds is 13. The Balaban J connectivity index is 1.71. The summed E-state index contributed by atoms with van der Waals surface area (Å²) in [4.78, 5) is 0. The molecule has 0 saturated carbocycles. The number of ether oxygens (including phenoxy) is 3. The van der Waals surface area contributed by atoms with Crippen molar-refractivity contribution < 1.29 is 19.3 Å². The van der Waals surface area contributed by atoms with Crippen LogP contribution in [0.4, 0.5) is 0 Å². The Hall–Kier alpha value is -0.200. The average molecular weight is 261 g/mol. The Kier molecular flexibility index (Phi) is 9.42. The summed E-state index contributed by atoms with van der Waals surface area (Å²) in [6.07, 6.45) is 3.00. The van der Waals surface area contributed by atoms with Gasteiger partial charge in [-0.3, -0.25) is 0 Å². The molecule has 0 aliphatic carbocycles. The van der Waals surface area contributed by atoms with Crippen LogP contribution in [0.2, 0.25) is 0 Å². The summed E-state index contributed by atoms with van der Waals surface area (Å²) in [5.74, 6) is 0. The summed E-state index contributed by atoms with van der Waals surface area (Å²) >= 11 is 0. The highest BCUT2D eigenvalue weighted by Gasteiger charge is 2.21. The standard InChI is InChI=1S/C13H27NO4/c1-2-5-14-8-12(15)9-16-6-3-4-7-17-10-13-11-18-13/h12-15H,2-11H2,1H3. The highest BCUT2D eigenvalue weighted by Crippen LogP contribution is 2.08. The van der Waals surface area contributed by atoms with Gasteiger partial charge in [0.2, 0.25) is 0 Å². The molecule has 1 fully saturated rings. The van der Waals surface area contributed by atoms with E-state index in [-0.39, 0.29) is 0 Å². The van der Waals surface area contributed by atoms with Crippen LogP contribution in [0.5, 0.6) is 0 Å². The third-order valence-electron chi connectivity index (χ3n) is 2.65. The van der Waals surface area contributed by atoms with Gasteiger partial charge in [0, 0.05) is 19.8 Å². The van der Waals surface area contributed by atoms with Gasteiger partial charge in [-0.2, -0.15) is 0 Å². The smallest absolute Gasteiger partial charge is 0.104 e. The highest BCUT2D eigenvalue weighted by molar-refractivity contribution is 4.67. The van der Waals surface area contributed by atoms with Crippen LogP contribution in [0.1, 0.15) is 26.2 Å². The second-order valence-electron chi connectivity index (χ2n) is 4.67. The van der Waals surface area contributed by atoms with Crippen LogP contribution in [0.3, 0.4) is 0 Å². The van der Waals surface area contributed by atoms with Gasteiger partial charge in [0.05, 0.1) is 25.9 Å². The maximum Gasteiger partial charge on any atom is 0.104 e. The van der Waals surface area contributed by atoms with Crippen molar-refractivity contribution in [2.24, 2.45) is 0 Å². The molecule has 18 heavy (non-hydrogen) atoms. The SMILES string of the molecule is CCCNCC(O)COCCCCOCC1CO1. The highest BCUT2D eigenvalue weighted by atomic mass is 16.6. The van der Waals surface area contributed by atoms with E-state index in [1.54, 1.807) is 0 Å². The molecule has 1 aliphatic heterocycles. The van der Waals surface area contributed by atoms with Crippen molar-refractivity contribution >= 4 is 0 Å². The predicted octanol–water partition coefficient (Wildman–Crippen LogP) is 0.559. The van der Waals surface area contributed by atoms with Crippen molar-refractivity contribution in [1.29, 1.82) is 0 Å². The molecule has 1 aliphatic rings. The normalized spacial score (nSPS) is 20.0. The summed E-state index contributed by atoms with van der Waals surface area (Å²) in [6.45, 7) is 7.10. The summed E-state index contributed by atoms with van der Waals surface area (Å²) in [5.41, 5.74) is 0. The fourth-order valence-electron chi connectivity index (χ4n) is 1.51. The second-order valence-corrected chi connectivity index (χ2v) is 4.67. The molecule has 0 bridgehead atoms. The summed E-state index contributed by atoms with van der Waals surface area (Å²) < 4.78 is 15.8. The zero-order chi connectivity index (χ0) is 13.1. The Bertz CT molecular complexity index is 188. The van der Waals surface area contributed by atoms with Crippen LogP contribution in [-0.4, -0.2) is 63.4 Å². The van der Waals surface area contributed by atoms with Gasteiger partial charge in [0.1, 0.15) is 6.10 Å². The fraction of sp³-hybridized carbons (Fsp3) is 1.00. The van der Waals surface area contributed by atoms with Gasteiger partial charge in [-0.15, -0.1) is 0 Å². The molecule has 1 heterocycles. The van der Waals surface area contributed by atoms with E-state index in [9.17, 15) is 5.11 Å². The third kappa shape index (κ3) is 9.79. The molecular weight excluding hydrogens is 234 g/mol. The number of aliphatic hydroxyl groups excluding tert-OH is 1. The molecule has 1 rings (SSSR count). The summed E-state index contributed by atoms with van der Waals surface area (Å²) in [7, 11) is 0. The lowest BCUT2D eigenvalue weighted by Crippen LogP contribution is -2.30. The van der Waals surface area contributed by atoms with Crippen LogP contribution >= 0.6 is 0 Å². The Morgan fingerprint density at radius 2 is 2.06 bits per heavy atom. The molecule has 1 saturated heterocycles. The van der Waals surface area contributed by atoms with Crippen molar-refractivity contribution in [2.75, 3.05) is 46.1 Å². The minimum Gasteiger partial charge on any atom is -0.389 e. The van der Waals surface area contributed by atoms with E-state index in [1.807, 2.05) is 0 Å². The summed E-state index contributed by atoms with van der Waals surface area (Å²) in [6, 6.07) is 0. The Morgan fingerprint density at radius 3 is 2.72 bits per heavy atom. The first-order valence-electron chi connectivity index (χ1n) is 6.98. The molecule has 0 aromatic rings. The quantitative estimate of drug-likeness (QED) is 0.375. The minimum absolute atomic E-state index is 0.354. The predicted molar refractivity (Wildman–Crippen MR) is 69.8 cm³/mol. The number of hydrogen-bond donors (Lipinski definition) is 2. The Morgan fingerprint density at radius 1 is 1.33 bits per heavy atom. The van der Waals surface area contributed by atoms with Crippen LogP contribution in [0, 0.1) is 0 Å². The van der Waals surface area contributed by atoms with E-state index in [2.05, 4.69) is 12.2 Å². The molecular formula is C13H27NO4. The molecule has 5 nitrogen and oxygen atoms in total. The third-order valence-corrected chi connectivity index (χ3v) is 2.65. The fourth-order valence-corrected chi connectivity index (χ4v) is 1.51. The average Bonchev–Trinajstić information content (AvgIpc) is 3.17. The number of hydrogen-bond acceptors (Lipinski definition) is 5. The topological polar surface area (TPSA) is 63.2 Å². The zero-order valence-electron chi connectivity index (χ0n) is 11.4. The van der Waals surface area contributed by atoms with Crippen molar-refractivity contribution in [3.8, 4) is 0 Å². The second kappa shape index (κ2) is 10.7. The lowest BCUT2D eigenvalue weighted by molar-refractivity contribution is 0.0321. The van der Waals surface area contributed by atoms with Crippen LogP contribution in [0.15, 0.2) is 0 Å². The number of unbranched alkanes of at least 4 members (excludes halogenated alkanes) is 1. The molecule has 2 N–H and O–H groups in total. The van der Waals surface area contributed by atoms with Crippen molar-refractivity contribution in [3.63, 3.8) is 0 Å². The largest absolute Gasteiger partial charge is 0.389 e. The molecule has 2 unspecified atom stereocenters. The van der Waals surface area contributed by atoms with E-state index >= 15 is 0 Å². The molecule has 0 aromatic carbocycles. The van der Waals surface area contributed by atoms with Crippen LogP contribution in [0.25, 0.3) is 0 Å². The number of aliphatic hydroxyl groups is 1. The molecule has 5 heteroatoms. The monoisotopic (exact) mass is 261 g/mol. The maximum atomic E-state index is 9.56. The Labute approximate surface area is 110 Å². The van der Waals surface area contributed by atoms with Gasteiger partial charge in [0.15, 0.2) is 0 Å². The van der Waals surface area contributed by atoms with E-state index in [0.29, 0.717) is 25.9 Å². The first kappa shape index (κ1) is 15.9. The number of nitrogens with one attached hydrogen (secondary N) is 1. The van der Waals surface area contributed by atoms with Crippen LogP contribution in [-0.2, 0) is 14.2 Å². The molecule has 108 valence electrons. The lowest BCUT2D eigenvalue weighted by Gasteiger charge is -2.11. The van der Waals surface area contributed by atoms with E-state index in [1.165, 1.54) is 0 Å². The maximum absolute atomic E-state index is 9.56. The van der Waals surface area contributed by atoms with Gasteiger partial charge in [-0.05, 0) is 25.8 Å². The van der Waals surface area contributed by atoms with Crippen molar-refractivity contribution in [2.45, 2.75) is 38.4 Å². The van der Waals surface area contributed by atoms with Gasteiger partial charge in [0.25, 0.3) is 0 Å². The minimum atomic E-state index is -0.403. The van der Waals surface area contributed by atoms with Gasteiger partial charge >= 0.3 is 0 Å². The lowest BCUT2D eigenvalue weighted by atomic mass is 10.3. The van der Waals surface area contributed by atoms with Gasteiger partial charge in [-0.25, -0.2) is 0 Å². The molecule has 0 spiro atoms. The van der Waals surface area contributed by atoms with Crippen LogP contribution < -0.4 is 5.32 Å². The van der Waals surface area contributed by atoms with E-state index in [0.717, 1.165) is 45.6 Å². The molecule has 0 aromatic heterocycles. The number of epoxide rings is 1.